The Morgan fingerprint density at radius 3 is 2.31 bits per heavy atom. The fourth-order valence-corrected chi connectivity index (χ4v) is 9.06. The van der Waals surface area contributed by atoms with Crippen molar-refractivity contribution in [3.05, 3.63) is 103 Å². The molecule has 0 bridgehead atoms. The number of aromatic nitrogens is 4. The van der Waals surface area contributed by atoms with Crippen LogP contribution in [0.5, 0.6) is 5.75 Å². The summed E-state index contributed by atoms with van der Waals surface area (Å²) >= 11 is 0. The summed E-state index contributed by atoms with van der Waals surface area (Å²) in [4.78, 5) is 69.9. The van der Waals surface area contributed by atoms with Gasteiger partial charge in [-0.3, -0.25) is 29.4 Å². The van der Waals surface area contributed by atoms with Gasteiger partial charge in [0.1, 0.15) is 12.1 Å². The Kier molecular flexibility index (Phi) is 11.9. The summed E-state index contributed by atoms with van der Waals surface area (Å²) in [5.74, 6) is 1.01. The molecule has 3 saturated heterocycles. The van der Waals surface area contributed by atoms with Crippen LogP contribution in [-0.4, -0.2) is 111 Å². The Labute approximate surface area is 354 Å². The summed E-state index contributed by atoms with van der Waals surface area (Å²) in [6.45, 7) is 6.42. The lowest BCUT2D eigenvalue weighted by Crippen LogP contribution is -2.49. The normalized spacial score (nSPS) is 21.1. The van der Waals surface area contributed by atoms with Crippen LogP contribution in [-0.2, 0) is 25.6 Å². The van der Waals surface area contributed by atoms with Crippen molar-refractivity contribution in [1.82, 2.24) is 40.0 Å². The maximum atomic E-state index is 13.0. The van der Waals surface area contributed by atoms with Crippen molar-refractivity contribution in [2.24, 2.45) is 5.92 Å². The first-order valence-corrected chi connectivity index (χ1v) is 21.5. The number of rotatable bonds is 13. The summed E-state index contributed by atoms with van der Waals surface area (Å²) in [5, 5.41) is 9.02. The molecule has 15 heteroatoms. The standard InChI is InChI=1S/C46H52N10O5/c57-40-15-14-39(46(60)52-40)33-6-12-38(13-7-33)61-28-42(59)55-18-16-32(17-19-55)27-53-20-22-54(23-21-53)36-10-8-34(9-11-36)51-44-43-45(48-29-47-44)56(30-49-43)37-25-35(26-37)50-41(58)24-31-4-2-1-3-5-31/h1-13,29-30,32,35,37,39H,14-28H2,(H,50,58)(H,47,48,51)(H,52,57,60). The molecule has 1 saturated carbocycles. The number of imidazole rings is 1. The van der Waals surface area contributed by atoms with Crippen LogP contribution < -0.4 is 25.6 Å². The summed E-state index contributed by atoms with van der Waals surface area (Å²) in [6, 6.07) is 25.9. The van der Waals surface area contributed by atoms with Crippen molar-refractivity contribution in [3.8, 4) is 5.75 Å². The smallest absolute Gasteiger partial charge is 0.260 e. The number of hydrogen-bond acceptors (Lipinski definition) is 11. The van der Waals surface area contributed by atoms with Crippen LogP contribution in [0.2, 0.25) is 0 Å². The van der Waals surface area contributed by atoms with E-state index in [-0.39, 0.29) is 48.2 Å². The summed E-state index contributed by atoms with van der Waals surface area (Å²) in [7, 11) is 0. The number of ether oxygens (including phenoxy) is 1. The monoisotopic (exact) mass is 824 g/mol. The molecule has 4 amide bonds. The second-order valence-corrected chi connectivity index (χ2v) is 16.7. The number of carbonyl (C=O) groups is 4. The molecule has 9 rings (SSSR count). The number of piperidine rings is 2. The highest BCUT2D eigenvalue weighted by molar-refractivity contribution is 6.01. The maximum Gasteiger partial charge on any atom is 0.260 e. The number of hydrogen-bond donors (Lipinski definition) is 3. The Bertz CT molecular complexity index is 2330. The van der Waals surface area contributed by atoms with Gasteiger partial charge in [-0.25, -0.2) is 15.0 Å². The van der Waals surface area contributed by atoms with Crippen LogP contribution in [0.15, 0.2) is 91.5 Å². The van der Waals surface area contributed by atoms with E-state index < -0.39 is 0 Å². The van der Waals surface area contributed by atoms with Crippen LogP contribution in [0.3, 0.4) is 0 Å². The zero-order valence-corrected chi connectivity index (χ0v) is 34.2. The van der Waals surface area contributed by atoms with E-state index in [1.165, 1.54) is 5.69 Å². The molecular weight excluding hydrogens is 773 g/mol. The van der Waals surface area contributed by atoms with E-state index >= 15 is 0 Å². The topological polar surface area (TPSA) is 167 Å². The van der Waals surface area contributed by atoms with Gasteiger partial charge in [0.05, 0.1) is 18.7 Å². The van der Waals surface area contributed by atoms with Crippen LogP contribution in [0.4, 0.5) is 17.2 Å². The molecule has 3 N–H and O–H groups in total. The first kappa shape index (κ1) is 40.1. The Hall–Kier alpha value is -6.35. The van der Waals surface area contributed by atoms with E-state index in [2.05, 4.69) is 69.5 Å². The van der Waals surface area contributed by atoms with Crippen molar-refractivity contribution >= 4 is 52.0 Å². The van der Waals surface area contributed by atoms with E-state index in [0.717, 1.165) is 99.5 Å². The minimum Gasteiger partial charge on any atom is -0.484 e. The molecule has 1 aliphatic carbocycles. The number of piperazine rings is 1. The Morgan fingerprint density at radius 2 is 1.57 bits per heavy atom. The average Bonchev–Trinajstić information content (AvgIpc) is 3.70. The zero-order valence-electron chi connectivity index (χ0n) is 34.2. The molecule has 5 aromatic rings. The molecule has 5 heterocycles. The van der Waals surface area contributed by atoms with Gasteiger partial charge in [-0.1, -0.05) is 42.5 Å². The molecule has 3 aromatic carbocycles. The number of benzene rings is 3. The quantitative estimate of drug-likeness (QED) is 0.142. The number of likely N-dealkylation sites (tertiary alicyclic amines) is 1. The molecule has 0 spiro atoms. The largest absolute Gasteiger partial charge is 0.484 e. The highest BCUT2D eigenvalue weighted by Gasteiger charge is 2.33. The van der Waals surface area contributed by atoms with Gasteiger partial charge >= 0.3 is 0 Å². The molecule has 4 fully saturated rings. The number of nitrogens with one attached hydrogen (secondary N) is 3. The number of fused-ring (bicyclic) bond motifs is 1. The predicted molar refractivity (Wildman–Crippen MR) is 230 cm³/mol. The van der Waals surface area contributed by atoms with Crippen molar-refractivity contribution in [2.45, 2.75) is 62.9 Å². The van der Waals surface area contributed by atoms with E-state index in [0.29, 0.717) is 36.7 Å². The van der Waals surface area contributed by atoms with Gasteiger partial charge in [-0.2, -0.15) is 0 Å². The van der Waals surface area contributed by atoms with Crippen LogP contribution >= 0.6 is 0 Å². The average molecular weight is 825 g/mol. The fourth-order valence-electron chi connectivity index (χ4n) is 9.06. The molecular formula is C46H52N10O5. The van der Waals surface area contributed by atoms with E-state index in [1.54, 1.807) is 18.5 Å². The second-order valence-electron chi connectivity index (χ2n) is 16.7. The number of imide groups is 1. The highest BCUT2D eigenvalue weighted by Crippen LogP contribution is 2.35. The Morgan fingerprint density at radius 1 is 0.820 bits per heavy atom. The van der Waals surface area contributed by atoms with Gasteiger partial charge in [0.2, 0.25) is 17.7 Å². The van der Waals surface area contributed by atoms with Gasteiger partial charge in [0, 0.05) is 75.7 Å². The van der Waals surface area contributed by atoms with Crippen molar-refractivity contribution in [2.75, 3.05) is 62.6 Å². The lowest BCUT2D eigenvalue weighted by atomic mass is 9.86. The third kappa shape index (κ3) is 9.51. The summed E-state index contributed by atoms with van der Waals surface area (Å²) < 4.78 is 7.91. The number of anilines is 3. The number of amides is 4. The van der Waals surface area contributed by atoms with Gasteiger partial charge in [0.25, 0.3) is 5.91 Å². The maximum absolute atomic E-state index is 13.0. The predicted octanol–water partition coefficient (Wildman–Crippen LogP) is 4.59. The fraction of sp³-hybridized carbons (Fsp3) is 0.413. The van der Waals surface area contributed by atoms with Crippen molar-refractivity contribution in [1.29, 1.82) is 0 Å². The molecule has 1 unspecified atom stereocenters. The first-order valence-electron chi connectivity index (χ1n) is 21.5. The van der Waals surface area contributed by atoms with Gasteiger partial charge in [-0.05, 0) is 85.5 Å². The van der Waals surface area contributed by atoms with Gasteiger partial charge in [0.15, 0.2) is 23.6 Å². The lowest BCUT2D eigenvalue weighted by Gasteiger charge is -2.39. The third-order valence-electron chi connectivity index (χ3n) is 12.7. The molecule has 316 valence electrons. The number of nitrogens with zero attached hydrogens (tertiary/aromatic N) is 7. The minimum absolute atomic E-state index is 0.00927. The lowest BCUT2D eigenvalue weighted by molar-refractivity contribution is -0.135. The molecule has 2 aromatic heterocycles. The molecule has 61 heavy (non-hydrogen) atoms. The third-order valence-corrected chi connectivity index (χ3v) is 12.7. The SMILES string of the molecule is O=C1CCC(c2ccc(OCC(=O)N3CCC(CN4CCN(c5ccc(Nc6ncnc7c6ncn7C6CC(NC(=O)Cc7ccccc7)C6)cc5)CC4)CC3)cc2)C(=O)N1. The van der Waals surface area contributed by atoms with Crippen LogP contribution in [0.1, 0.15) is 61.6 Å². The molecule has 4 aliphatic rings. The highest BCUT2D eigenvalue weighted by atomic mass is 16.5. The van der Waals surface area contributed by atoms with Crippen molar-refractivity contribution in [3.63, 3.8) is 0 Å². The summed E-state index contributed by atoms with van der Waals surface area (Å²) in [6.07, 6.45) is 8.26. The Balaban J connectivity index is 0.684. The first-order chi connectivity index (χ1) is 29.8. The molecule has 3 aliphatic heterocycles. The van der Waals surface area contributed by atoms with E-state index in [1.807, 2.05) is 53.7 Å². The van der Waals surface area contributed by atoms with Gasteiger partial charge < -0.3 is 29.7 Å². The zero-order chi connectivity index (χ0) is 41.7. The summed E-state index contributed by atoms with van der Waals surface area (Å²) in [5.41, 5.74) is 5.47. The van der Waals surface area contributed by atoms with Crippen LogP contribution in [0.25, 0.3) is 11.2 Å². The second kappa shape index (κ2) is 18.1. The minimum atomic E-state index is -0.342. The van der Waals surface area contributed by atoms with Gasteiger partial charge in [-0.15, -0.1) is 0 Å². The van der Waals surface area contributed by atoms with E-state index in [4.69, 9.17) is 4.74 Å². The molecule has 0 radical (unpaired) electrons. The van der Waals surface area contributed by atoms with Crippen LogP contribution in [0, 0.1) is 5.92 Å². The molecule has 1 atom stereocenters. The number of carbonyl (C=O) groups excluding carboxylic acids is 4. The molecule has 15 nitrogen and oxygen atoms in total. The van der Waals surface area contributed by atoms with E-state index in [9.17, 15) is 19.2 Å². The van der Waals surface area contributed by atoms with Crippen molar-refractivity contribution < 1.29 is 23.9 Å².